The van der Waals surface area contributed by atoms with E-state index in [9.17, 15) is 4.79 Å². The molecule has 0 aliphatic heterocycles. The number of rotatable bonds is 5. The van der Waals surface area contributed by atoms with E-state index < -0.39 is 0 Å². The van der Waals surface area contributed by atoms with Crippen molar-refractivity contribution in [3.8, 4) is 0 Å². The van der Waals surface area contributed by atoms with Crippen LogP contribution in [0, 0.1) is 0 Å². The molecule has 0 radical (unpaired) electrons. The Labute approximate surface area is 161 Å². The fraction of sp³-hybridized carbons (Fsp3) is 0.238. The van der Waals surface area contributed by atoms with Gasteiger partial charge in [-0.05, 0) is 43.0 Å². The van der Waals surface area contributed by atoms with Crippen molar-refractivity contribution >= 4 is 28.3 Å². The van der Waals surface area contributed by atoms with Crippen LogP contribution in [-0.2, 0) is 6.54 Å². The number of carbonyl (C=O) groups excluding carboxylic acids is 1. The van der Waals surface area contributed by atoms with Crippen molar-refractivity contribution in [2.75, 3.05) is 5.32 Å². The zero-order valence-corrected chi connectivity index (χ0v) is 15.3. The van der Waals surface area contributed by atoms with Crippen molar-refractivity contribution in [3.05, 3.63) is 66.4 Å². The van der Waals surface area contributed by atoms with Crippen molar-refractivity contribution in [1.82, 2.24) is 24.7 Å². The van der Waals surface area contributed by atoms with Crippen molar-refractivity contribution < 1.29 is 4.79 Å². The summed E-state index contributed by atoms with van der Waals surface area (Å²) in [6.45, 7) is 0.565. The lowest BCUT2D eigenvalue weighted by atomic mass is 9.93. The maximum atomic E-state index is 13.1. The molecule has 4 aromatic heterocycles. The van der Waals surface area contributed by atoms with Gasteiger partial charge in [-0.25, -0.2) is 9.97 Å². The molecule has 7 nitrogen and oxygen atoms in total. The quantitative estimate of drug-likeness (QED) is 0.562. The first-order chi connectivity index (χ1) is 13.8. The predicted octanol–water partition coefficient (Wildman–Crippen LogP) is 3.17. The number of nitrogens with zero attached hydrogens (tertiary/aromatic N) is 4. The van der Waals surface area contributed by atoms with Gasteiger partial charge >= 0.3 is 0 Å². The molecule has 7 heteroatoms. The Hall–Kier alpha value is -3.48. The van der Waals surface area contributed by atoms with Crippen molar-refractivity contribution in [2.45, 2.75) is 31.8 Å². The van der Waals surface area contributed by atoms with Gasteiger partial charge in [0.05, 0.1) is 16.5 Å². The fourth-order valence-corrected chi connectivity index (χ4v) is 3.61. The van der Waals surface area contributed by atoms with Crippen LogP contribution >= 0.6 is 0 Å². The molecule has 0 unspecified atom stereocenters. The molecule has 0 aromatic carbocycles. The Morgan fingerprint density at radius 1 is 1.18 bits per heavy atom. The van der Waals surface area contributed by atoms with Crippen LogP contribution in [-0.4, -0.2) is 31.3 Å². The van der Waals surface area contributed by atoms with Crippen molar-refractivity contribution in [3.63, 3.8) is 0 Å². The second-order valence-electron chi connectivity index (χ2n) is 7.07. The lowest BCUT2D eigenvalue weighted by molar-refractivity contribution is 0.0920. The standard InChI is InChI=1S/C21H20N6O/c28-21(26-15-6-3-7-15)17-16-8-1-2-10-27(16)20-18(17)19(24-13-25-20)23-12-14-5-4-9-22-11-14/h1-2,4-5,8-11,13,15H,3,6-7,12H2,(H,26,28)(H,23,24,25). The molecule has 1 aliphatic carbocycles. The minimum Gasteiger partial charge on any atom is -0.365 e. The number of fused-ring (bicyclic) bond motifs is 3. The molecule has 28 heavy (non-hydrogen) atoms. The van der Waals surface area contributed by atoms with E-state index in [0.717, 1.165) is 35.0 Å². The lowest BCUT2D eigenvalue weighted by Crippen LogP contribution is -2.39. The molecule has 2 N–H and O–H groups in total. The van der Waals surface area contributed by atoms with Crippen LogP contribution in [0.1, 0.15) is 35.2 Å². The summed E-state index contributed by atoms with van der Waals surface area (Å²) in [6, 6.07) is 9.98. The van der Waals surface area contributed by atoms with Crippen LogP contribution in [0.4, 0.5) is 5.82 Å². The van der Waals surface area contributed by atoms with E-state index in [-0.39, 0.29) is 11.9 Å². The molecule has 0 spiro atoms. The second-order valence-corrected chi connectivity index (χ2v) is 7.07. The predicted molar refractivity (Wildman–Crippen MR) is 107 cm³/mol. The number of anilines is 1. The van der Waals surface area contributed by atoms with Gasteiger partial charge in [-0.3, -0.25) is 9.78 Å². The normalized spacial score (nSPS) is 14.1. The molecule has 4 aromatic rings. The Kier molecular flexibility index (Phi) is 4.12. The Morgan fingerprint density at radius 3 is 2.89 bits per heavy atom. The average molecular weight is 372 g/mol. The van der Waals surface area contributed by atoms with Crippen LogP contribution < -0.4 is 10.6 Å². The first kappa shape index (κ1) is 16.7. The van der Waals surface area contributed by atoms with Gasteiger partial charge in [0.1, 0.15) is 12.1 Å². The van der Waals surface area contributed by atoms with Gasteiger partial charge in [0, 0.05) is 31.2 Å². The second kappa shape index (κ2) is 6.92. The Balaban J connectivity index is 1.61. The Bertz CT molecular complexity index is 1150. The van der Waals surface area contributed by atoms with E-state index >= 15 is 0 Å². The highest BCUT2D eigenvalue weighted by Gasteiger charge is 2.26. The molecular weight excluding hydrogens is 352 g/mol. The van der Waals surface area contributed by atoms with Crippen molar-refractivity contribution in [2.24, 2.45) is 0 Å². The fourth-order valence-electron chi connectivity index (χ4n) is 3.61. The highest BCUT2D eigenvalue weighted by Crippen LogP contribution is 2.31. The van der Waals surface area contributed by atoms with Crippen LogP contribution in [0.2, 0.25) is 0 Å². The monoisotopic (exact) mass is 372 g/mol. The third-order valence-electron chi connectivity index (χ3n) is 5.27. The van der Waals surface area contributed by atoms with E-state index in [2.05, 4.69) is 25.6 Å². The third-order valence-corrected chi connectivity index (χ3v) is 5.27. The van der Waals surface area contributed by atoms with E-state index in [0.29, 0.717) is 17.9 Å². The molecule has 1 aliphatic rings. The first-order valence-corrected chi connectivity index (χ1v) is 9.48. The number of amides is 1. The Morgan fingerprint density at radius 2 is 2.11 bits per heavy atom. The molecule has 0 atom stereocenters. The number of hydrogen-bond acceptors (Lipinski definition) is 5. The average Bonchev–Trinajstić information content (AvgIpc) is 3.05. The zero-order valence-electron chi connectivity index (χ0n) is 15.3. The summed E-state index contributed by atoms with van der Waals surface area (Å²) in [5.74, 6) is 0.582. The van der Waals surface area contributed by atoms with E-state index in [1.165, 1.54) is 12.7 Å². The molecule has 1 saturated carbocycles. The number of pyridine rings is 2. The molecule has 1 amide bonds. The van der Waals surface area contributed by atoms with Gasteiger partial charge in [-0.15, -0.1) is 0 Å². The van der Waals surface area contributed by atoms with Crippen LogP contribution in [0.15, 0.2) is 55.2 Å². The van der Waals surface area contributed by atoms with Gasteiger partial charge in [0.2, 0.25) is 0 Å². The number of hydrogen-bond donors (Lipinski definition) is 2. The minimum atomic E-state index is -0.0670. The van der Waals surface area contributed by atoms with E-state index in [4.69, 9.17) is 0 Å². The molecular formula is C21H20N6O. The zero-order chi connectivity index (χ0) is 18.9. The summed E-state index contributed by atoms with van der Waals surface area (Å²) >= 11 is 0. The summed E-state index contributed by atoms with van der Waals surface area (Å²) in [7, 11) is 0. The summed E-state index contributed by atoms with van der Waals surface area (Å²) in [5, 5.41) is 7.26. The van der Waals surface area contributed by atoms with Gasteiger partial charge < -0.3 is 15.0 Å². The minimum absolute atomic E-state index is 0.0670. The van der Waals surface area contributed by atoms with Crippen molar-refractivity contribution in [1.29, 1.82) is 0 Å². The SMILES string of the molecule is O=C(NC1CCC1)c1c2c(NCc3cccnc3)ncnc2n2ccccc12. The number of nitrogens with one attached hydrogen (secondary N) is 2. The molecule has 5 rings (SSSR count). The smallest absolute Gasteiger partial charge is 0.254 e. The summed E-state index contributed by atoms with van der Waals surface area (Å²) in [6.07, 6.45) is 10.3. The maximum Gasteiger partial charge on any atom is 0.254 e. The van der Waals surface area contributed by atoms with Gasteiger partial charge in [-0.1, -0.05) is 12.1 Å². The highest BCUT2D eigenvalue weighted by molar-refractivity contribution is 6.16. The first-order valence-electron chi connectivity index (χ1n) is 9.48. The van der Waals surface area contributed by atoms with Crippen LogP contribution in [0.5, 0.6) is 0 Å². The largest absolute Gasteiger partial charge is 0.365 e. The van der Waals surface area contributed by atoms with Gasteiger partial charge in [-0.2, -0.15) is 0 Å². The summed E-state index contributed by atoms with van der Waals surface area (Å²) < 4.78 is 1.95. The summed E-state index contributed by atoms with van der Waals surface area (Å²) in [4.78, 5) is 26.2. The topological polar surface area (TPSA) is 84.2 Å². The highest BCUT2D eigenvalue weighted by atomic mass is 16.1. The molecule has 0 saturated heterocycles. The third kappa shape index (κ3) is 2.85. The summed E-state index contributed by atoms with van der Waals surface area (Å²) in [5.41, 5.74) is 3.22. The molecule has 1 fully saturated rings. The molecule has 0 bridgehead atoms. The molecule has 140 valence electrons. The number of aromatic nitrogens is 4. The lowest BCUT2D eigenvalue weighted by Gasteiger charge is -2.26. The number of carbonyl (C=O) groups is 1. The van der Waals surface area contributed by atoms with Crippen LogP contribution in [0.3, 0.4) is 0 Å². The van der Waals surface area contributed by atoms with E-state index in [1.807, 2.05) is 47.1 Å². The maximum absolute atomic E-state index is 13.1. The van der Waals surface area contributed by atoms with E-state index in [1.54, 1.807) is 6.20 Å². The van der Waals surface area contributed by atoms with Gasteiger partial charge in [0.25, 0.3) is 5.91 Å². The molecule has 4 heterocycles. The van der Waals surface area contributed by atoms with Gasteiger partial charge in [0.15, 0.2) is 5.65 Å². The van der Waals surface area contributed by atoms with Crippen LogP contribution in [0.25, 0.3) is 16.6 Å².